The molecule has 1 aliphatic heterocycles. The zero-order valence-corrected chi connectivity index (χ0v) is 10.6. The van der Waals surface area contributed by atoms with Crippen LogP contribution in [0.25, 0.3) is 0 Å². The topological polar surface area (TPSA) is 20.3 Å². The molecule has 1 aliphatic rings. The average Bonchev–Trinajstić information content (AvgIpc) is 2.17. The number of nitrogens with zero attached hydrogens (tertiary/aromatic N) is 1. The molecule has 0 radical (unpaired) electrons. The van der Waals surface area contributed by atoms with Crippen molar-refractivity contribution in [3.63, 3.8) is 0 Å². The van der Waals surface area contributed by atoms with Gasteiger partial charge in [0.05, 0.1) is 0 Å². The lowest BCUT2D eigenvalue weighted by Gasteiger charge is -2.38. The maximum atomic E-state index is 11.3. The van der Waals surface area contributed by atoms with Crippen LogP contribution < -0.4 is 0 Å². The number of carbonyl (C=O) groups excluding carboxylic acids is 1. The summed E-state index contributed by atoms with van der Waals surface area (Å²) in [7, 11) is 0. The number of Topliss-reactive ketones (excluding diaryl/α,β-unsaturated/α-hetero) is 1. The van der Waals surface area contributed by atoms with Crippen LogP contribution >= 0.6 is 0 Å². The van der Waals surface area contributed by atoms with Gasteiger partial charge < -0.3 is 0 Å². The molecule has 0 aliphatic carbocycles. The Morgan fingerprint density at radius 2 is 2.13 bits per heavy atom. The van der Waals surface area contributed by atoms with E-state index in [9.17, 15) is 4.79 Å². The molecule has 15 heavy (non-hydrogen) atoms. The second-order valence-corrected chi connectivity index (χ2v) is 5.18. The van der Waals surface area contributed by atoms with Crippen LogP contribution in [-0.2, 0) is 4.79 Å². The van der Waals surface area contributed by atoms with E-state index in [2.05, 4.69) is 32.6 Å². The fourth-order valence-corrected chi connectivity index (χ4v) is 2.56. The van der Waals surface area contributed by atoms with Crippen molar-refractivity contribution < 1.29 is 4.79 Å². The van der Waals surface area contributed by atoms with Crippen LogP contribution in [0.15, 0.2) is 0 Å². The molecule has 3 atom stereocenters. The first-order chi connectivity index (χ1) is 7.04. The molecule has 0 aromatic carbocycles. The highest BCUT2D eigenvalue weighted by Crippen LogP contribution is 2.21. The predicted molar refractivity (Wildman–Crippen MR) is 63.9 cm³/mol. The number of carbonyl (C=O) groups is 1. The molecule has 88 valence electrons. The predicted octanol–water partition coefficient (Wildman–Crippen LogP) is 2.86. The number of ketones is 1. The summed E-state index contributed by atoms with van der Waals surface area (Å²) in [5, 5.41) is 0. The van der Waals surface area contributed by atoms with E-state index >= 15 is 0 Å². The highest BCUT2D eigenvalue weighted by Gasteiger charge is 2.27. The van der Waals surface area contributed by atoms with E-state index in [0.29, 0.717) is 17.9 Å². The van der Waals surface area contributed by atoms with Crippen LogP contribution in [0, 0.1) is 5.92 Å². The third-order valence-corrected chi connectivity index (χ3v) is 3.74. The fraction of sp³-hybridized carbons (Fsp3) is 0.923. The minimum absolute atomic E-state index is 0.439. The summed E-state index contributed by atoms with van der Waals surface area (Å²) in [5.74, 6) is 1.24. The highest BCUT2D eigenvalue weighted by molar-refractivity contribution is 5.79. The van der Waals surface area contributed by atoms with E-state index < -0.39 is 0 Å². The summed E-state index contributed by atoms with van der Waals surface area (Å²) in [6.07, 6.45) is 4.03. The first-order valence-corrected chi connectivity index (χ1v) is 6.32. The lowest BCUT2D eigenvalue weighted by Crippen LogP contribution is -2.46. The Morgan fingerprint density at radius 3 is 2.67 bits per heavy atom. The fourth-order valence-electron chi connectivity index (χ4n) is 2.56. The van der Waals surface area contributed by atoms with Gasteiger partial charge in [-0.05, 0) is 26.2 Å². The van der Waals surface area contributed by atoms with Crippen molar-refractivity contribution in [1.29, 1.82) is 0 Å². The molecular formula is C13H25NO. The monoisotopic (exact) mass is 211 g/mol. The van der Waals surface area contributed by atoms with E-state index in [0.717, 1.165) is 25.3 Å². The Morgan fingerprint density at radius 1 is 1.47 bits per heavy atom. The zero-order chi connectivity index (χ0) is 11.4. The van der Waals surface area contributed by atoms with Crippen molar-refractivity contribution in [2.45, 2.75) is 65.5 Å². The molecule has 2 nitrogen and oxygen atoms in total. The van der Waals surface area contributed by atoms with Gasteiger partial charge in [-0.3, -0.25) is 9.69 Å². The first kappa shape index (κ1) is 12.7. The molecule has 1 fully saturated rings. The number of hydrogen-bond donors (Lipinski definition) is 0. The molecule has 1 heterocycles. The molecule has 0 aromatic rings. The lowest BCUT2D eigenvalue weighted by molar-refractivity contribution is -0.123. The van der Waals surface area contributed by atoms with Crippen molar-refractivity contribution in [3.8, 4) is 0 Å². The van der Waals surface area contributed by atoms with Gasteiger partial charge in [-0.15, -0.1) is 0 Å². The standard InChI is InChI=1S/C13H25NO/c1-5-10(2)8-11(3)14-7-6-13(15)9-12(14)4/h10-12H,5-9H2,1-4H3. The van der Waals surface area contributed by atoms with Gasteiger partial charge in [0, 0.05) is 31.5 Å². The molecule has 0 amide bonds. The van der Waals surface area contributed by atoms with Gasteiger partial charge in [0.25, 0.3) is 0 Å². The van der Waals surface area contributed by atoms with Gasteiger partial charge in [-0.25, -0.2) is 0 Å². The number of piperidine rings is 1. The number of hydrogen-bond acceptors (Lipinski definition) is 2. The third kappa shape index (κ3) is 3.60. The molecule has 0 saturated carbocycles. The maximum Gasteiger partial charge on any atom is 0.135 e. The Labute approximate surface area is 94.0 Å². The molecule has 0 spiro atoms. The Bertz CT molecular complexity index is 215. The second-order valence-electron chi connectivity index (χ2n) is 5.18. The number of rotatable bonds is 4. The van der Waals surface area contributed by atoms with Crippen LogP contribution in [0.2, 0.25) is 0 Å². The first-order valence-electron chi connectivity index (χ1n) is 6.32. The van der Waals surface area contributed by atoms with Crippen LogP contribution in [-0.4, -0.2) is 29.3 Å². The summed E-state index contributed by atoms with van der Waals surface area (Å²) in [6.45, 7) is 10.0. The average molecular weight is 211 g/mol. The minimum Gasteiger partial charge on any atom is -0.300 e. The molecule has 1 saturated heterocycles. The quantitative estimate of drug-likeness (QED) is 0.712. The van der Waals surface area contributed by atoms with Crippen molar-refractivity contribution >= 4 is 5.78 Å². The van der Waals surface area contributed by atoms with Crippen LogP contribution in [0.5, 0.6) is 0 Å². The van der Waals surface area contributed by atoms with Gasteiger partial charge in [0.1, 0.15) is 5.78 Å². The van der Waals surface area contributed by atoms with Gasteiger partial charge in [-0.2, -0.15) is 0 Å². The molecule has 0 aromatic heterocycles. The Kier molecular flexibility index (Phi) is 4.78. The lowest BCUT2D eigenvalue weighted by atomic mass is 9.95. The largest absolute Gasteiger partial charge is 0.300 e. The van der Waals surface area contributed by atoms with Gasteiger partial charge in [0.15, 0.2) is 0 Å². The summed E-state index contributed by atoms with van der Waals surface area (Å²) in [6, 6.07) is 1.08. The molecule has 0 bridgehead atoms. The van der Waals surface area contributed by atoms with E-state index in [1.807, 2.05) is 0 Å². The van der Waals surface area contributed by atoms with Gasteiger partial charge in [-0.1, -0.05) is 20.3 Å². The molecule has 0 N–H and O–H groups in total. The summed E-state index contributed by atoms with van der Waals surface area (Å²) in [4.78, 5) is 13.8. The van der Waals surface area contributed by atoms with Crippen LogP contribution in [0.1, 0.15) is 53.4 Å². The third-order valence-electron chi connectivity index (χ3n) is 3.74. The summed E-state index contributed by atoms with van der Waals surface area (Å²) < 4.78 is 0. The van der Waals surface area contributed by atoms with Crippen molar-refractivity contribution in [3.05, 3.63) is 0 Å². The summed E-state index contributed by atoms with van der Waals surface area (Å²) >= 11 is 0. The minimum atomic E-state index is 0.439. The van der Waals surface area contributed by atoms with Crippen molar-refractivity contribution in [2.75, 3.05) is 6.54 Å². The molecule has 1 rings (SSSR count). The zero-order valence-electron chi connectivity index (χ0n) is 10.6. The molecule has 2 heteroatoms. The van der Waals surface area contributed by atoms with E-state index in [1.54, 1.807) is 0 Å². The molecule has 3 unspecified atom stereocenters. The SMILES string of the molecule is CCC(C)CC(C)N1CCC(=O)CC1C. The maximum absolute atomic E-state index is 11.3. The highest BCUT2D eigenvalue weighted by atomic mass is 16.1. The number of likely N-dealkylation sites (tertiary alicyclic amines) is 1. The normalized spacial score (nSPS) is 27.7. The van der Waals surface area contributed by atoms with Gasteiger partial charge in [0.2, 0.25) is 0 Å². The van der Waals surface area contributed by atoms with Crippen LogP contribution in [0.4, 0.5) is 0 Å². The van der Waals surface area contributed by atoms with E-state index in [4.69, 9.17) is 0 Å². The molecular weight excluding hydrogens is 186 g/mol. The Hall–Kier alpha value is -0.370. The van der Waals surface area contributed by atoms with Gasteiger partial charge >= 0.3 is 0 Å². The van der Waals surface area contributed by atoms with Crippen LogP contribution in [0.3, 0.4) is 0 Å². The smallest absolute Gasteiger partial charge is 0.135 e. The van der Waals surface area contributed by atoms with E-state index in [-0.39, 0.29) is 0 Å². The summed E-state index contributed by atoms with van der Waals surface area (Å²) in [5.41, 5.74) is 0. The van der Waals surface area contributed by atoms with Crippen molar-refractivity contribution in [2.24, 2.45) is 5.92 Å². The van der Waals surface area contributed by atoms with E-state index in [1.165, 1.54) is 12.8 Å². The second kappa shape index (κ2) is 5.64. The Balaban J connectivity index is 2.44. The van der Waals surface area contributed by atoms with Crippen molar-refractivity contribution in [1.82, 2.24) is 4.90 Å².